The van der Waals surface area contributed by atoms with Gasteiger partial charge in [0.1, 0.15) is 28.6 Å². The Morgan fingerprint density at radius 1 is 1.12 bits per heavy atom. The lowest BCUT2D eigenvalue weighted by Crippen LogP contribution is -2.53. The molecule has 0 aliphatic carbocycles. The van der Waals surface area contributed by atoms with Crippen LogP contribution >= 0.6 is 0 Å². The van der Waals surface area contributed by atoms with Crippen LogP contribution in [0.15, 0.2) is 23.0 Å². The van der Waals surface area contributed by atoms with E-state index in [2.05, 4.69) is 0 Å². The third kappa shape index (κ3) is 5.88. The molecule has 0 unspecified atom stereocenters. The predicted molar refractivity (Wildman–Crippen MR) is 90.3 cm³/mol. The molecular weight excluding hydrogens is 368 g/mol. The molecule has 2 aromatic rings. The average molecular weight is 386 g/mol. The van der Waals surface area contributed by atoms with E-state index >= 15 is 0 Å². The van der Waals surface area contributed by atoms with Crippen molar-refractivity contribution in [3.8, 4) is 17.2 Å². The zero-order chi connectivity index (χ0) is 20.2. The Labute approximate surface area is 149 Å². The minimum absolute atomic E-state index is 0.172. The minimum Gasteiger partial charge on any atom is -0.726 e. The minimum atomic E-state index is -4.92. The number of phenols is 3. The van der Waals surface area contributed by atoms with Crippen LogP contribution in [0, 0.1) is 6.92 Å². The van der Waals surface area contributed by atoms with Crippen molar-refractivity contribution in [3.05, 3.63) is 45.6 Å². The lowest BCUT2D eigenvalue weighted by Gasteiger charge is -2.04. The summed E-state index contributed by atoms with van der Waals surface area (Å²) in [6.07, 6.45) is 3.10. The van der Waals surface area contributed by atoms with Crippen LogP contribution in [-0.2, 0) is 24.5 Å². The number of aromatic nitrogens is 2. The molecule has 0 aliphatic rings. The maximum atomic E-state index is 12.0. The SMILES string of the molecule is Cc1cc(C=Cc2c(O)cc(O)cc2O)[n+](C)c(=O)n1C.O=S(=O)([O-])O. The van der Waals surface area contributed by atoms with Crippen molar-refractivity contribution in [2.45, 2.75) is 6.92 Å². The number of aryl methyl sites for hydroxylation is 1. The lowest BCUT2D eigenvalue weighted by atomic mass is 10.1. The molecule has 0 saturated carbocycles. The van der Waals surface area contributed by atoms with Crippen molar-refractivity contribution in [1.82, 2.24) is 4.57 Å². The summed E-state index contributed by atoms with van der Waals surface area (Å²) >= 11 is 0. The average Bonchev–Trinajstić information content (AvgIpc) is 2.47. The van der Waals surface area contributed by atoms with E-state index in [0.717, 1.165) is 17.8 Å². The second-order valence-electron chi connectivity index (χ2n) is 5.27. The highest BCUT2D eigenvalue weighted by atomic mass is 32.3. The molecule has 10 nitrogen and oxygen atoms in total. The molecule has 1 aromatic carbocycles. The number of hydrogen-bond donors (Lipinski definition) is 4. The van der Waals surface area contributed by atoms with Gasteiger partial charge in [-0.05, 0) is 19.1 Å². The van der Waals surface area contributed by atoms with Gasteiger partial charge in [0.2, 0.25) is 10.4 Å². The highest BCUT2D eigenvalue weighted by Gasteiger charge is 2.12. The highest BCUT2D eigenvalue weighted by Crippen LogP contribution is 2.33. The molecule has 0 spiro atoms. The number of hydrogen-bond acceptors (Lipinski definition) is 7. The van der Waals surface area contributed by atoms with Crippen LogP contribution in [0.25, 0.3) is 12.2 Å². The molecule has 4 N–H and O–H groups in total. The molecule has 1 aromatic heterocycles. The van der Waals surface area contributed by atoms with Crippen LogP contribution in [0.3, 0.4) is 0 Å². The van der Waals surface area contributed by atoms with E-state index in [4.69, 9.17) is 17.5 Å². The number of benzene rings is 1. The number of nitrogens with zero attached hydrogens (tertiary/aromatic N) is 2. The monoisotopic (exact) mass is 386 g/mol. The van der Waals surface area contributed by atoms with E-state index in [9.17, 15) is 20.1 Å². The summed E-state index contributed by atoms with van der Waals surface area (Å²) in [5.41, 5.74) is 1.42. The first-order chi connectivity index (χ1) is 11.8. The van der Waals surface area contributed by atoms with Crippen molar-refractivity contribution in [3.63, 3.8) is 0 Å². The summed E-state index contributed by atoms with van der Waals surface area (Å²) in [7, 11) is -1.60. The van der Waals surface area contributed by atoms with Crippen molar-refractivity contribution < 1.29 is 37.4 Å². The molecule has 0 bridgehead atoms. The summed E-state index contributed by atoms with van der Waals surface area (Å²) < 4.78 is 35.8. The Morgan fingerprint density at radius 3 is 2.04 bits per heavy atom. The second kappa shape index (κ2) is 7.99. The van der Waals surface area contributed by atoms with Crippen LogP contribution in [0.1, 0.15) is 17.0 Å². The third-order valence-corrected chi connectivity index (χ3v) is 3.39. The molecule has 2 rings (SSSR count). The first-order valence-corrected chi connectivity index (χ1v) is 8.35. The van der Waals surface area contributed by atoms with Gasteiger partial charge in [-0.3, -0.25) is 4.55 Å². The van der Waals surface area contributed by atoms with E-state index in [1.54, 1.807) is 20.2 Å². The fraction of sp³-hybridized carbons (Fsp3) is 0.200. The van der Waals surface area contributed by atoms with Crippen LogP contribution in [0.2, 0.25) is 0 Å². The summed E-state index contributed by atoms with van der Waals surface area (Å²) in [6.45, 7) is 1.81. The summed E-state index contributed by atoms with van der Waals surface area (Å²) in [4.78, 5) is 12.0. The van der Waals surface area contributed by atoms with Gasteiger partial charge in [-0.25, -0.2) is 8.42 Å². The van der Waals surface area contributed by atoms with E-state index in [1.807, 2.05) is 13.0 Å². The van der Waals surface area contributed by atoms with Gasteiger partial charge in [-0.15, -0.1) is 0 Å². The predicted octanol–water partition coefficient (Wildman–Crippen LogP) is -0.190. The highest BCUT2D eigenvalue weighted by molar-refractivity contribution is 7.79. The van der Waals surface area contributed by atoms with Gasteiger partial charge in [0.15, 0.2) is 0 Å². The summed E-state index contributed by atoms with van der Waals surface area (Å²) in [6, 6.07) is 4.08. The molecule has 0 fully saturated rings. The van der Waals surface area contributed by atoms with Gasteiger partial charge in [0, 0.05) is 18.2 Å². The maximum Gasteiger partial charge on any atom is 0.498 e. The fourth-order valence-electron chi connectivity index (χ4n) is 2.00. The third-order valence-electron chi connectivity index (χ3n) is 3.39. The number of phenolic OH excluding ortho intramolecular Hbond substituents is 3. The first-order valence-electron chi connectivity index (χ1n) is 6.99. The Hall–Kier alpha value is -2.89. The van der Waals surface area contributed by atoms with Crippen molar-refractivity contribution in [2.24, 2.45) is 14.1 Å². The quantitative estimate of drug-likeness (QED) is 0.313. The van der Waals surface area contributed by atoms with Gasteiger partial charge < -0.3 is 19.9 Å². The Bertz CT molecular complexity index is 978. The Morgan fingerprint density at radius 2 is 1.58 bits per heavy atom. The zero-order valence-electron chi connectivity index (χ0n) is 14.1. The molecular formula is C15H18N2O8S. The fourth-order valence-corrected chi connectivity index (χ4v) is 2.00. The molecule has 142 valence electrons. The van der Waals surface area contributed by atoms with Crippen molar-refractivity contribution in [1.29, 1.82) is 0 Å². The first kappa shape index (κ1) is 21.2. The zero-order valence-corrected chi connectivity index (χ0v) is 14.9. The molecule has 26 heavy (non-hydrogen) atoms. The molecule has 0 aliphatic heterocycles. The van der Waals surface area contributed by atoms with Crippen molar-refractivity contribution >= 4 is 22.6 Å². The van der Waals surface area contributed by atoms with Gasteiger partial charge in [-0.2, -0.15) is 13.9 Å². The van der Waals surface area contributed by atoms with E-state index in [-0.39, 0.29) is 28.5 Å². The van der Waals surface area contributed by atoms with Gasteiger partial charge >= 0.3 is 5.69 Å². The summed E-state index contributed by atoms with van der Waals surface area (Å²) in [5.74, 6) is -0.712. The molecule has 0 saturated heterocycles. The topological polar surface area (TPSA) is 164 Å². The largest absolute Gasteiger partial charge is 0.726 e. The summed E-state index contributed by atoms with van der Waals surface area (Å²) in [5, 5.41) is 28.7. The van der Waals surface area contributed by atoms with Crippen LogP contribution in [0.4, 0.5) is 0 Å². The molecule has 1 heterocycles. The number of aromatic hydroxyl groups is 3. The Balaban J connectivity index is 0.000000597. The van der Waals surface area contributed by atoms with E-state index in [1.165, 1.54) is 15.2 Å². The van der Waals surface area contributed by atoms with Crippen LogP contribution in [-0.4, -0.2) is 37.4 Å². The molecule has 0 amide bonds. The molecule has 0 atom stereocenters. The molecule has 0 radical (unpaired) electrons. The smallest absolute Gasteiger partial charge is 0.498 e. The number of rotatable bonds is 2. The van der Waals surface area contributed by atoms with Gasteiger partial charge in [-0.1, -0.05) is 0 Å². The maximum absolute atomic E-state index is 12.0. The van der Waals surface area contributed by atoms with E-state index < -0.39 is 10.4 Å². The lowest BCUT2D eigenvalue weighted by molar-refractivity contribution is -0.692. The Kier molecular flexibility index (Phi) is 6.50. The van der Waals surface area contributed by atoms with Gasteiger partial charge in [0.05, 0.1) is 19.7 Å². The molecule has 11 heteroatoms. The normalized spacial score (nSPS) is 11.3. The van der Waals surface area contributed by atoms with Gasteiger partial charge in [0.25, 0.3) is 0 Å². The van der Waals surface area contributed by atoms with E-state index in [0.29, 0.717) is 5.69 Å². The standard InChI is InChI=1S/C15H16N2O4.H2O4S/c1-9-6-10(17(3)15(21)16(9)2)4-5-12-13(19)7-11(18)8-14(12)20;1-5(2,3)4/h4-8H,1-3H3,(H2,18,19,20);(H2,1,2,3,4). The van der Waals surface area contributed by atoms with Crippen LogP contribution in [0.5, 0.6) is 17.2 Å². The van der Waals surface area contributed by atoms with Crippen molar-refractivity contribution in [2.75, 3.05) is 0 Å². The van der Waals surface area contributed by atoms with Crippen LogP contribution < -0.4 is 10.3 Å². The second-order valence-corrected chi connectivity index (χ2v) is 6.13.